The third kappa shape index (κ3) is 4.56. The summed E-state index contributed by atoms with van der Waals surface area (Å²) < 4.78 is 10.2. The molecule has 0 saturated carbocycles. The lowest BCUT2D eigenvalue weighted by atomic mass is 9.96. The van der Waals surface area contributed by atoms with Gasteiger partial charge in [0.25, 0.3) is 0 Å². The van der Waals surface area contributed by atoms with E-state index in [1.807, 2.05) is 39.6 Å². The Morgan fingerprint density at radius 3 is 2.53 bits per heavy atom. The molecule has 1 rings (SSSR count). The van der Waals surface area contributed by atoms with Gasteiger partial charge in [0.15, 0.2) is 5.82 Å². The minimum absolute atomic E-state index is 0.0462. The van der Waals surface area contributed by atoms with Crippen molar-refractivity contribution in [1.82, 2.24) is 15.0 Å². The SMILES string of the molecule is COCC(O)CN(C)C(C)c1nc(C(C)(C)C)no1. The van der Waals surface area contributed by atoms with Crippen molar-refractivity contribution in [2.45, 2.75) is 45.3 Å². The summed E-state index contributed by atoms with van der Waals surface area (Å²) in [5, 5.41) is 13.7. The molecular weight excluding hydrogens is 246 g/mol. The molecule has 1 N–H and O–H groups in total. The fourth-order valence-corrected chi connectivity index (χ4v) is 1.63. The average Bonchev–Trinajstić information content (AvgIpc) is 2.76. The molecule has 0 aliphatic heterocycles. The fourth-order valence-electron chi connectivity index (χ4n) is 1.63. The first-order valence-corrected chi connectivity index (χ1v) is 6.47. The maximum absolute atomic E-state index is 9.72. The van der Waals surface area contributed by atoms with Crippen LogP contribution in [0.15, 0.2) is 4.52 Å². The van der Waals surface area contributed by atoms with E-state index < -0.39 is 6.10 Å². The van der Waals surface area contributed by atoms with Crippen LogP contribution in [0.4, 0.5) is 0 Å². The van der Waals surface area contributed by atoms with Crippen molar-refractivity contribution in [3.8, 4) is 0 Å². The predicted molar refractivity (Wildman–Crippen MR) is 71.9 cm³/mol. The highest BCUT2D eigenvalue weighted by molar-refractivity contribution is 5.01. The first kappa shape index (κ1) is 16.1. The summed E-state index contributed by atoms with van der Waals surface area (Å²) in [6.45, 7) is 8.89. The Morgan fingerprint density at radius 1 is 1.42 bits per heavy atom. The van der Waals surface area contributed by atoms with Gasteiger partial charge in [-0.25, -0.2) is 0 Å². The number of hydrogen-bond donors (Lipinski definition) is 1. The van der Waals surface area contributed by atoms with E-state index in [0.29, 0.717) is 24.9 Å². The minimum atomic E-state index is -0.526. The average molecular weight is 271 g/mol. The number of nitrogens with zero attached hydrogens (tertiary/aromatic N) is 3. The highest BCUT2D eigenvalue weighted by Gasteiger charge is 2.25. The second-order valence-corrected chi connectivity index (χ2v) is 5.93. The van der Waals surface area contributed by atoms with Gasteiger partial charge in [-0.3, -0.25) is 4.90 Å². The number of ether oxygens (including phenoxy) is 1. The van der Waals surface area contributed by atoms with Crippen molar-refractivity contribution in [3.63, 3.8) is 0 Å². The van der Waals surface area contributed by atoms with Crippen LogP contribution in [0.25, 0.3) is 0 Å². The first-order chi connectivity index (χ1) is 8.75. The molecule has 0 radical (unpaired) electrons. The molecule has 0 saturated heterocycles. The number of likely N-dealkylation sites (N-methyl/N-ethyl adjacent to an activating group) is 1. The predicted octanol–water partition coefficient (Wildman–Crippen LogP) is 1.37. The molecule has 1 aromatic rings. The molecular formula is C13H25N3O3. The Bertz CT molecular complexity index is 387. The molecule has 6 nitrogen and oxygen atoms in total. The van der Waals surface area contributed by atoms with Crippen LogP contribution in [0.5, 0.6) is 0 Å². The third-order valence-electron chi connectivity index (χ3n) is 2.99. The van der Waals surface area contributed by atoms with Crippen LogP contribution in [0.3, 0.4) is 0 Å². The number of hydrogen-bond acceptors (Lipinski definition) is 6. The maximum Gasteiger partial charge on any atom is 0.243 e. The zero-order chi connectivity index (χ0) is 14.6. The van der Waals surface area contributed by atoms with Gasteiger partial charge in [0.05, 0.1) is 18.8 Å². The number of methoxy groups -OCH3 is 1. The fraction of sp³-hybridized carbons (Fsp3) is 0.846. The number of rotatable bonds is 6. The van der Waals surface area contributed by atoms with E-state index in [1.54, 1.807) is 7.11 Å². The Morgan fingerprint density at radius 2 is 2.05 bits per heavy atom. The molecule has 0 fully saturated rings. The molecule has 19 heavy (non-hydrogen) atoms. The highest BCUT2D eigenvalue weighted by Crippen LogP contribution is 2.23. The first-order valence-electron chi connectivity index (χ1n) is 6.47. The van der Waals surface area contributed by atoms with Crippen molar-refractivity contribution in [2.24, 2.45) is 0 Å². The summed E-state index contributed by atoms with van der Waals surface area (Å²) in [6.07, 6.45) is -0.526. The van der Waals surface area contributed by atoms with E-state index in [9.17, 15) is 5.11 Å². The second-order valence-electron chi connectivity index (χ2n) is 5.93. The van der Waals surface area contributed by atoms with Gasteiger partial charge in [-0.15, -0.1) is 0 Å². The van der Waals surface area contributed by atoms with Gasteiger partial charge >= 0.3 is 0 Å². The molecule has 0 bridgehead atoms. The lowest BCUT2D eigenvalue weighted by molar-refractivity contribution is 0.0325. The highest BCUT2D eigenvalue weighted by atomic mass is 16.5. The molecule has 6 heteroatoms. The quantitative estimate of drug-likeness (QED) is 0.842. The van der Waals surface area contributed by atoms with E-state index in [2.05, 4.69) is 10.1 Å². The minimum Gasteiger partial charge on any atom is -0.389 e. The molecule has 110 valence electrons. The molecule has 0 aliphatic rings. The smallest absolute Gasteiger partial charge is 0.243 e. The van der Waals surface area contributed by atoms with Crippen LogP contribution in [0.2, 0.25) is 0 Å². The van der Waals surface area contributed by atoms with Crippen LogP contribution in [-0.2, 0) is 10.2 Å². The van der Waals surface area contributed by atoms with Gasteiger partial charge in [-0.2, -0.15) is 4.98 Å². The lowest BCUT2D eigenvalue weighted by Gasteiger charge is -2.24. The van der Waals surface area contributed by atoms with Gasteiger partial charge in [0, 0.05) is 19.1 Å². The summed E-state index contributed by atoms with van der Waals surface area (Å²) in [4.78, 5) is 6.39. The van der Waals surface area contributed by atoms with E-state index in [4.69, 9.17) is 9.26 Å². The second kappa shape index (κ2) is 6.45. The largest absolute Gasteiger partial charge is 0.389 e. The number of aliphatic hydroxyl groups is 1. The van der Waals surface area contributed by atoms with E-state index in [1.165, 1.54) is 0 Å². The molecule has 0 spiro atoms. The standard InChI is InChI=1S/C13H25N3O3/c1-9(16(5)7-10(17)8-18-6)11-14-12(15-19-11)13(2,3)4/h9-10,17H,7-8H2,1-6H3. The van der Waals surface area contributed by atoms with Crippen LogP contribution >= 0.6 is 0 Å². The monoisotopic (exact) mass is 271 g/mol. The maximum atomic E-state index is 9.72. The molecule has 0 aromatic carbocycles. The van der Waals surface area contributed by atoms with E-state index >= 15 is 0 Å². The summed E-state index contributed by atoms with van der Waals surface area (Å²) in [5.41, 5.74) is -0.129. The summed E-state index contributed by atoms with van der Waals surface area (Å²) in [5.74, 6) is 1.26. The molecule has 2 atom stereocenters. The molecule has 1 aromatic heterocycles. The van der Waals surface area contributed by atoms with Crippen LogP contribution in [-0.4, -0.2) is 53.6 Å². The van der Waals surface area contributed by atoms with Gasteiger partial charge in [-0.05, 0) is 14.0 Å². The third-order valence-corrected chi connectivity index (χ3v) is 2.99. The van der Waals surface area contributed by atoms with Crippen molar-refractivity contribution >= 4 is 0 Å². The van der Waals surface area contributed by atoms with Crippen molar-refractivity contribution in [2.75, 3.05) is 27.3 Å². The van der Waals surface area contributed by atoms with Gasteiger partial charge in [0.1, 0.15) is 0 Å². The van der Waals surface area contributed by atoms with Gasteiger partial charge in [-0.1, -0.05) is 25.9 Å². The Kier molecular flexibility index (Phi) is 5.46. The summed E-state index contributed by atoms with van der Waals surface area (Å²) in [7, 11) is 3.48. The molecule has 2 unspecified atom stereocenters. The van der Waals surface area contributed by atoms with Crippen molar-refractivity contribution in [1.29, 1.82) is 0 Å². The normalized spacial score (nSPS) is 15.8. The molecule has 1 heterocycles. The summed E-state index contributed by atoms with van der Waals surface area (Å²) in [6, 6.07) is -0.0462. The number of aliphatic hydroxyl groups excluding tert-OH is 1. The molecule has 0 aliphatic carbocycles. The van der Waals surface area contributed by atoms with E-state index in [-0.39, 0.29) is 11.5 Å². The van der Waals surface area contributed by atoms with Crippen molar-refractivity contribution in [3.05, 3.63) is 11.7 Å². The Balaban J connectivity index is 2.66. The van der Waals surface area contributed by atoms with Crippen molar-refractivity contribution < 1.29 is 14.4 Å². The zero-order valence-electron chi connectivity index (χ0n) is 12.7. The van der Waals surface area contributed by atoms with Gasteiger partial charge in [0.2, 0.25) is 5.89 Å². The summed E-state index contributed by atoms with van der Waals surface area (Å²) >= 11 is 0. The zero-order valence-corrected chi connectivity index (χ0v) is 12.7. The Labute approximate surface area is 114 Å². The number of aromatic nitrogens is 2. The lowest BCUT2D eigenvalue weighted by Crippen LogP contribution is -2.33. The van der Waals surface area contributed by atoms with Crippen LogP contribution < -0.4 is 0 Å². The molecule has 0 amide bonds. The van der Waals surface area contributed by atoms with E-state index in [0.717, 1.165) is 0 Å². The van der Waals surface area contributed by atoms with Crippen LogP contribution in [0.1, 0.15) is 45.5 Å². The Hall–Kier alpha value is -0.980. The van der Waals surface area contributed by atoms with Crippen LogP contribution in [0, 0.1) is 0 Å². The van der Waals surface area contributed by atoms with Gasteiger partial charge < -0.3 is 14.4 Å². The topological polar surface area (TPSA) is 71.6 Å².